The van der Waals surface area contributed by atoms with Gasteiger partial charge in [-0.2, -0.15) is 0 Å². The van der Waals surface area contributed by atoms with Gasteiger partial charge in [0.25, 0.3) is 0 Å². The van der Waals surface area contributed by atoms with E-state index in [1.165, 1.54) is 18.4 Å². The van der Waals surface area contributed by atoms with E-state index in [1.54, 1.807) is 6.26 Å². The van der Waals surface area contributed by atoms with Crippen molar-refractivity contribution in [2.75, 3.05) is 0 Å². The zero-order valence-electron chi connectivity index (χ0n) is 7.34. The van der Waals surface area contributed by atoms with Gasteiger partial charge in [0.15, 0.2) is 0 Å². The second kappa shape index (κ2) is 2.59. The lowest BCUT2D eigenvalue weighted by molar-refractivity contribution is 0.414. The molecule has 0 saturated heterocycles. The van der Waals surface area contributed by atoms with Crippen LogP contribution in [0.4, 0.5) is 0 Å². The van der Waals surface area contributed by atoms with Gasteiger partial charge >= 0.3 is 0 Å². The topological polar surface area (TPSA) is 52.0 Å². The minimum absolute atomic E-state index is 0.143. The number of nitrogens with two attached hydrogens (primary N) is 1. The molecule has 12 heavy (non-hydrogen) atoms. The van der Waals surface area contributed by atoms with Crippen LogP contribution >= 0.6 is 0 Å². The van der Waals surface area contributed by atoms with Gasteiger partial charge in [-0.3, -0.25) is 0 Å². The summed E-state index contributed by atoms with van der Waals surface area (Å²) in [4.78, 5) is 0. The number of aromatic nitrogens is 1. The SMILES string of the molecule is Cc1nocc1CCC1(N)CC1. The fraction of sp³-hybridized carbons (Fsp3) is 0.667. The number of hydrogen-bond acceptors (Lipinski definition) is 3. The number of rotatable bonds is 3. The van der Waals surface area contributed by atoms with Crippen LogP contribution in [0.25, 0.3) is 0 Å². The molecule has 2 rings (SSSR count). The first-order chi connectivity index (χ1) is 5.70. The number of aryl methyl sites for hydroxylation is 2. The third-order valence-corrected chi connectivity index (χ3v) is 2.63. The van der Waals surface area contributed by atoms with Crippen LogP contribution in [0.15, 0.2) is 10.8 Å². The first-order valence-corrected chi connectivity index (χ1v) is 4.38. The molecule has 1 heterocycles. The summed E-state index contributed by atoms with van der Waals surface area (Å²) >= 11 is 0. The molecule has 1 aromatic rings. The zero-order valence-corrected chi connectivity index (χ0v) is 7.34. The van der Waals surface area contributed by atoms with Crippen LogP contribution in [0.1, 0.15) is 30.5 Å². The summed E-state index contributed by atoms with van der Waals surface area (Å²) in [7, 11) is 0. The molecule has 0 amide bonds. The Kier molecular flexibility index (Phi) is 1.68. The van der Waals surface area contributed by atoms with E-state index >= 15 is 0 Å². The van der Waals surface area contributed by atoms with Crippen LogP contribution in [0, 0.1) is 6.92 Å². The molecular formula is C9H14N2O. The fourth-order valence-corrected chi connectivity index (χ4v) is 1.35. The third-order valence-electron chi connectivity index (χ3n) is 2.63. The molecule has 3 heteroatoms. The van der Waals surface area contributed by atoms with Gasteiger partial charge in [-0.25, -0.2) is 0 Å². The van der Waals surface area contributed by atoms with E-state index in [9.17, 15) is 0 Å². The molecule has 2 N–H and O–H groups in total. The zero-order chi connectivity index (χ0) is 8.60. The minimum Gasteiger partial charge on any atom is -0.364 e. The van der Waals surface area contributed by atoms with Crippen molar-refractivity contribution in [3.8, 4) is 0 Å². The quantitative estimate of drug-likeness (QED) is 0.738. The molecule has 0 aromatic carbocycles. The Morgan fingerprint density at radius 3 is 2.92 bits per heavy atom. The van der Waals surface area contributed by atoms with Crippen LogP contribution in [0.3, 0.4) is 0 Å². The van der Waals surface area contributed by atoms with E-state index in [2.05, 4.69) is 5.16 Å². The molecule has 1 saturated carbocycles. The predicted molar refractivity (Wildman–Crippen MR) is 45.7 cm³/mol. The first kappa shape index (κ1) is 7.80. The lowest BCUT2D eigenvalue weighted by atomic mass is 10.1. The smallest absolute Gasteiger partial charge is 0.127 e. The molecule has 0 atom stereocenters. The van der Waals surface area contributed by atoms with Crippen LogP contribution in [-0.2, 0) is 6.42 Å². The summed E-state index contributed by atoms with van der Waals surface area (Å²) in [5, 5.41) is 3.82. The van der Waals surface area contributed by atoms with E-state index in [1.807, 2.05) is 6.92 Å². The van der Waals surface area contributed by atoms with Crippen molar-refractivity contribution in [2.45, 2.75) is 38.1 Å². The Morgan fingerprint density at radius 1 is 1.67 bits per heavy atom. The van der Waals surface area contributed by atoms with Crippen LogP contribution in [0.5, 0.6) is 0 Å². The second-order valence-corrected chi connectivity index (χ2v) is 3.79. The highest BCUT2D eigenvalue weighted by Gasteiger charge is 2.37. The van der Waals surface area contributed by atoms with E-state index in [0.29, 0.717) is 0 Å². The summed E-state index contributed by atoms with van der Waals surface area (Å²) in [6, 6.07) is 0. The second-order valence-electron chi connectivity index (χ2n) is 3.79. The Balaban J connectivity index is 1.91. The van der Waals surface area contributed by atoms with Gasteiger partial charge in [-0.05, 0) is 32.6 Å². The molecule has 1 aliphatic rings. The van der Waals surface area contributed by atoms with Crippen molar-refractivity contribution in [3.05, 3.63) is 17.5 Å². The highest BCUT2D eigenvalue weighted by molar-refractivity contribution is 5.14. The van der Waals surface area contributed by atoms with Crippen molar-refractivity contribution < 1.29 is 4.52 Å². The normalized spacial score (nSPS) is 19.5. The highest BCUT2D eigenvalue weighted by Crippen LogP contribution is 2.36. The lowest BCUT2D eigenvalue weighted by Crippen LogP contribution is -2.22. The van der Waals surface area contributed by atoms with Gasteiger partial charge in [0.05, 0.1) is 5.69 Å². The number of nitrogens with zero attached hydrogens (tertiary/aromatic N) is 1. The van der Waals surface area contributed by atoms with E-state index in [4.69, 9.17) is 10.3 Å². The molecule has 0 bridgehead atoms. The van der Waals surface area contributed by atoms with Crippen LogP contribution in [-0.4, -0.2) is 10.7 Å². The largest absolute Gasteiger partial charge is 0.364 e. The van der Waals surface area contributed by atoms with Gasteiger partial charge < -0.3 is 10.3 Å². The average molecular weight is 166 g/mol. The molecule has 0 aliphatic heterocycles. The van der Waals surface area contributed by atoms with E-state index in [0.717, 1.165) is 18.5 Å². The molecule has 0 spiro atoms. The van der Waals surface area contributed by atoms with Crippen molar-refractivity contribution in [1.82, 2.24) is 5.16 Å². The number of hydrogen-bond donors (Lipinski definition) is 1. The summed E-state index contributed by atoms with van der Waals surface area (Å²) in [6.07, 6.45) is 6.15. The Labute approximate surface area is 71.9 Å². The summed E-state index contributed by atoms with van der Waals surface area (Å²) < 4.78 is 4.84. The molecule has 1 aliphatic carbocycles. The average Bonchev–Trinajstić information content (AvgIpc) is 2.61. The fourth-order valence-electron chi connectivity index (χ4n) is 1.35. The summed E-state index contributed by atoms with van der Waals surface area (Å²) in [5.74, 6) is 0. The summed E-state index contributed by atoms with van der Waals surface area (Å²) in [5.41, 5.74) is 8.30. The van der Waals surface area contributed by atoms with Gasteiger partial charge in [-0.1, -0.05) is 5.16 Å². The summed E-state index contributed by atoms with van der Waals surface area (Å²) in [6.45, 7) is 1.97. The van der Waals surface area contributed by atoms with Gasteiger partial charge in [-0.15, -0.1) is 0 Å². The maximum absolute atomic E-state index is 5.96. The van der Waals surface area contributed by atoms with Crippen molar-refractivity contribution in [2.24, 2.45) is 5.73 Å². The molecule has 1 aromatic heterocycles. The molecule has 3 nitrogen and oxygen atoms in total. The predicted octanol–water partition coefficient (Wildman–Crippen LogP) is 1.41. The maximum Gasteiger partial charge on any atom is 0.127 e. The Hall–Kier alpha value is -0.830. The van der Waals surface area contributed by atoms with Crippen LogP contribution < -0.4 is 5.73 Å². The van der Waals surface area contributed by atoms with E-state index in [-0.39, 0.29) is 5.54 Å². The van der Waals surface area contributed by atoms with Gasteiger partial charge in [0.1, 0.15) is 6.26 Å². The monoisotopic (exact) mass is 166 g/mol. The van der Waals surface area contributed by atoms with Crippen LogP contribution in [0.2, 0.25) is 0 Å². The van der Waals surface area contributed by atoms with Crippen molar-refractivity contribution in [3.63, 3.8) is 0 Å². The van der Waals surface area contributed by atoms with Crippen molar-refractivity contribution in [1.29, 1.82) is 0 Å². The highest BCUT2D eigenvalue weighted by atomic mass is 16.5. The lowest BCUT2D eigenvalue weighted by Gasteiger charge is -2.05. The minimum atomic E-state index is 0.143. The maximum atomic E-state index is 5.96. The third kappa shape index (κ3) is 1.50. The van der Waals surface area contributed by atoms with Gasteiger partial charge in [0.2, 0.25) is 0 Å². The molecule has 66 valence electrons. The molecular weight excluding hydrogens is 152 g/mol. The van der Waals surface area contributed by atoms with Crippen molar-refractivity contribution >= 4 is 0 Å². The standard InChI is InChI=1S/C9H14N2O/c1-7-8(6-12-11-7)2-3-9(10)4-5-9/h6H,2-5,10H2,1H3. The Morgan fingerprint density at radius 2 is 2.42 bits per heavy atom. The first-order valence-electron chi connectivity index (χ1n) is 4.38. The Bertz CT molecular complexity index is 276. The molecule has 0 unspecified atom stereocenters. The molecule has 0 radical (unpaired) electrons. The molecule has 1 fully saturated rings. The van der Waals surface area contributed by atoms with E-state index < -0.39 is 0 Å². The van der Waals surface area contributed by atoms with Gasteiger partial charge in [0, 0.05) is 11.1 Å².